The van der Waals surface area contributed by atoms with Gasteiger partial charge < -0.3 is 59.3 Å². The van der Waals surface area contributed by atoms with E-state index in [1.54, 1.807) is 67.6 Å². The monoisotopic (exact) mass is 1200 g/mol. The molecule has 4 aliphatic heterocycles. The molecule has 4 N–H and O–H groups in total. The molecular formula is C64H82N10O13. The van der Waals surface area contributed by atoms with Crippen LogP contribution in [0.15, 0.2) is 83.3 Å². The second-order valence-electron chi connectivity index (χ2n) is 24.6. The number of amides is 6. The van der Waals surface area contributed by atoms with Gasteiger partial charge in [-0.15, -0.1) is 5.10 Å². The van der Waals surface area contributed by atoms with Gasteiger partial charge in [0.05, 0.1) is 86.3 Å². The molecule has 5 heterocycles. The number of carbonyl (C=O) groups is 6. The first-order valence-corrected chi connectivity index (χ1v) is 29.9. The number of hydrogen-bond acceptors (Lipinski definition) is 16. The maximum absolute atomic E-state index is 14.3. The van der Waals surface area contributed by atoms with Crippen molar-refractivity contribution >= 4 is 58.9 Å². The number of aliphatic hydroxyl groups is 1. The largest absolute Gasteiger partial charge is 0.493 e. The summed E-state index contributed by atoms with van der Waals surface area (Å²) < 4.78 is 37.9. The summed E-state index contributed by atoms with van der Waals surface area (Å²) in [6, 6.07) is 10.4. The van der Waals surface area contributed by atoms with E-state index in [1.807, 2.05) is 58.6 Å². The van der Waals surface area contributed by atoms with Crippen LogP contribution in [0.3, 0.4) is 0 Å². The molecule has 4 aromatic rings. The highest BCUT2D eigenvalue weighted by Crippen LogP contribution is 2.43. The van der Waals surface area contributed by atoms with Gasteiger partial charge in [-0.05, 0) is 129 Å². The summed E-state index contributed by atoms with van der Waals surface area (Å²) in [7, 11) is 2.98. The fraction of sp³-hybridized carbons (Fsp3) is 0.516. The molecule has 1 unspecified atom stereocenters. The Morgan fingerprint density at radius 2 is 1.40 bits per heavy atom. The van der Waals surface area contributed by atoms with E-state index < -0.39 is 65.3 Å². The van der Waals surface area contributed by atoms with Gasteiger partial charge in [0.15, 0.2) is 29.2 Å². The number of fused-ring (bicyclic) bond motifs is 4. The molecule has 1 aromatic heterocycles. The van der Waals surface area contributed by atoms with E-state index in [2.05, 4.69) is 31.3 Å². The normalized spacial score (nSPS) is 19.0. The molecule has 1 saturated carbocycles. The topological polar surface area (TPSA) is 267 Å². The molecule has 6 amide bonds. The van der Waals surface area contributed by atoms with Crippen molar-refractivity contribution in [2.45, 2.75) is 181 Å². The number of nitrogens with one attached hydrogen (secondary N) is 3. The van der Waals surface area contributed by atoms with Crippen LogP contribution in [0.4, 0.5) is 21.9 Å². The lowest BCUT2D eigenvalue weighted by atomic mass is 9.98. The van der Waals surface area contributed by atoms with Crippen molar-refractivity contribution in [3.63, 3.8) is 0 Å². The van der Waals surface area contributed by atoms with Gasteiger partial charge in [0.2, 0.25) is 17.7 Å². The lowest BCUT2D eigenvalue weighted by Crippen LogP contribution is -2.54. The molecule has 23 nitrogen and oxygen atoms in total. The number of rotatable bonds is 24. The summed E-state index contributed by atoms with van der Waals surface area (Å²) in [6.45, 7) is 16.7. The third-order valence-electron chi connectivity index (χ3n) is 16.3. The number of unbranched alkanes of at least 4 members (excludes halogenated alkanes) is 2. The fourth-order valence-electron chi connectivity index (χ4n) is 11.8. The number of ether oxygens (including phenoxy) is 6. The highest BCUT2D eigenvalue weighted by molar-refractivity contribution is 6.07. The second kappa shape index (κ2) is 26.8. The SMILES string of the molecule is COc1cc2c(cc1OCCCCCOc1cc3c(cc1OC)C(=O)N1C=C(C)C[C@H]1[C@H](O)N3C(=O)OCc1ccc(NC(=O)[C@H](C)NC(=O)C(NC(=O)CC(C)(C)OC(C)(C)c3cn(C4CCCC4)nn3)C(C)C)cc1)N=C[C@@H]1CC(C)=CN1C2=O. The minimum absolute atomic E-state index is 0.0510. The van der Waals surface area contributed by atoms with E-state index in [9.17, 15) is 33.9 Å². The van der Waals surface area contributed by atoms with E-state index in [-0.39, 0.29) is 60.3 Å². The molecular weight excluding hydrogens is 1120 g/mol. The Labute approximate surface area is 507 Å². The van der Waals surface area contributed by atoms with Crippen LogP contribution in [0.25, 0.3) is 0 Å². The molecule has 87 heavy (non-hydrogen) atoms. The third-order valence-corrected chi connectivity index (χ3v) is 16.3. The van der Waals surface area contributed by atoms with Crippen molar-refractivity contribution in [3.8, 4) is 23.0 Å². The van der Waals surface area contributed by atoms with Crippen molar-refractivity contribution in [3.05, 3.63) is 101 Å². The Morgan fingerprint density at radius 3 is 2.07 bits per heavy atom. The fourth-order valence-corrected chi connectivity index (χ4v) is 11.8. The number of aliphatic hydroxyl groups excluding tert-OH is 1. The van der Waals surface area contributed by atoms with Gasteiger partial charge in [-0.25, -0.2) is 14.4 Å². The molecule has 5 atom stereocenters. The zero-order chi connectivity index (χ0) is 62.5. The van der Waals surface area contributed by atoms with Crippen LogP contribution in [-0.2, 0) is 36.1 Å². The average molecular weight is 1200 g/mol. The second-order valence-corrected chi connectivity index (χ2v) is 24.6. The average Bonchev–Trinajstić information content (AvgIpc) is 3.01. The Bertz CT molecular complexity index is 3330. The standard InChI is InChI=1S/C64H82N10O13/c1-37(2)56(68-55(75)31-63(6,7)87-64(8,9)54-35-73(70-69-54)43-17-13-14-18-43)58(77)66-40(5)57(76)67-42-21-19-41(20-22-42)36-86-62(81)74-48-30-53(51(83-11)28-46(48)60(79)72-34-39(4)26-49(72)61(74)80)85-24-16-12-15-23-84-52-29-47-45(27-50(52)82-10)59(78)71-33-38(3)25-44(71)32-65-47/h19-22,27-30,32-35,37,40,43-44,49,56,61,80H,12-18,23-26,31,36H2,1-11H3,(H,66,77)(H,67,76)(H,68,75)/t40-,44-,49-,56?,61-/m0/s1. The summed E-state index contributed by atoms with van der Waals surface area (Å²) >= 11 is 0. The maximum Gasteiger partial charge on any atom is 0.416 e. The number of aliphatic imine (C=N–C) groups is 1. The number of benzene rings is 3. The van der Waals surface area contributed by atoms with Gasteiger partial charge in [0, 0.05) is 36.4 Å². The molecule has 9 rings (SSSR count). The Hall–Kier alpha value is -8.31. The van der Waals surface area contributed by atoms with Gasteiger partial charge in [0.1, 0.15) is 30.0 Å². The van der Waals surface area contributed by atoms with Crippen LogP contribution < -0.4 is 39.8 Å². The number of aromatic nitrogens is 3. The van der Waals surface area contributed by atoms with Crippen LogP contribution in [0.1, 0.15) is 165 Å². The summed E-state index contributed by atoms with van der Waals surface area (Å²) in [5.74, 6) is -0.950. The first kappa shape index (κ1) is 63.2. The van der Waals surface area contributed by atoms with Crippen molar-refractivity contribution in [2.24, 2.45) is 10.9 Å². The van der Waals surface area contributed by atoms with Gasteiger partial charge in [-0.3, -0.25) is 29.0 Å². The minimum atomic E-state index is -1.51. The van der Waals surface area contributed by atoms with Gasteiger partial charge in [-0.1, -0.05) is 55.2 Å². The predicted molar refractivity (Wildman–Crippen MR) is 324 cm³/mol. The van der Waals surface area contributed by atoms with E-state index in [1.165, 1.54) is 38.2 Å². The highest BCUT2D eigenvalue weighted by Gasteiger charge is 2.45. The third kappa shape index (κ3) is 14.6. The first-order chi connectivity index (χ1) is 41.4. The molecule has 0 spiro atoms. The molecule has 5 aliphatic rings. The van der Waals surface area contributed by atoms with E-state index in [0.717, 1.165) is 48.2 Å². The van der Waals surface area contributed by atoms with Gasteiger partial charge in [-0.2, -0.15) is 0 Å². The Balaban J connectivity index is 0.768. The zero-order valence-electron chi connectivity index (χ0n) is 51.6. The molecule has 1 aliphatic carbocycles. The van der Waals surface area contributed by atoms with Crippen molar-refractivity contribution in [1.82, 2.24) is 35.4 Å². The quantitative estimate of drug-likeness (QED) is 0.0476. The van der Waals surface area contributed by atoms with Crippen molar-refractivity contribution in [1.29, 1.82) is 0 Å². The van der Waals surface area contributed by atoms with Gasteiger partial charge >= 0.3 is 6.09 Å². The lowest BCUT2D eigenvalue weighted by Gasteiger charge is -2.35. The number of carbonyl (C=O) groups excluding carboxylic acids is 6. The molecule has 0 saturated heterocycles. The molecule has 3 aromatic carbocycles. The van der Waals surface area contributed by atoms with Crippen LogP contribution in [-0.4, -0.2) is 135 Å². The molecule has 466 valence electrons. The molecule has 0 bridgehead atoms. The summed E-state index contributed by atoms with van der Waals surface area (Å²) in [4.78, 5) is 91.3. The van der Waals surface area contributed by atoms with Gasteiger partial charge in [0.25, 0.3) is 11.8 Å². The first-order valence-electron chi connectivity index (χ1n) is 29.9. The Kier molecular flexibility index (Phi) is 19.4. The van der Waals surface area contributed by atoms with Crippen LogP contribution in [0.5, 0.6) is 23.0 Å². The van der Waals surface area contributed by atoms with E-state index in [0.29, 0.717) is 78.0 Å². The number of anilines is 2. The number of nitrogens with zero attached hydrogens (tertiary/aromatic N) is 7. The van der Waals surface area contributed by atoms with E-state index >= 15 is 0 Å². The highest BCUT2D eigenvalue weighted by atomic mass is 16.6. The predicted octanol–water partition coefficient (Wildman–Crippen LogP) is 9.17. The maximum atomic E-state index is 14.3. The molecule has 23 heteroatoms. The Morgan fingerprint density at radius 1 is 0.770 bits per heavy atom. The summed E-state index contributed by atoms with van der Waals surface area (Å²) in [5.41, 5.74) is 2.88. The number of hydrogen-bond donors (Lipinski definition) is 4. The van der Waals surface area contributed by atoms with E-state index in [4.69, 9.17) is 28.4 Å². The van der Waals surface area contributed by atoms with Crippen LogP contribution >= 0.6 is 0 Å². The van der Waals surface area contributed by atoms with Crippen molar-refractivity contribution < 1.29 is 62.3 Å². The van der Waals surface area contributed by atoms with Crippen molar-refractivity contribution in [2.75, 3.05) is 37.7 Å². The molecule has 0 radical (unpaired) electrons. The summed E-state index contributed by atoms with van der Waals surface area (Å²) in [6.07, 6.45) is 12.2. The minimum Gasteiger partial charge on any atom is -0.493 e. The lowest BCUT2D eigenvalue weighted by molar-refractivity contribution is -0.149. The van der Waals surface area contributed by atoms with Crippen LogP contribution in [0.2, 0.25) is 0 Å². The van der Waals surface area contributed by atoms with Crippen LogP contribution in [0, 0.1) is 5.92 Å². The number of methoxy groups -OCH3 is 2. The zero-order valence-corrected chi connectivity index (χ0v) is 51.6. The molecule has 1 fully saturated rings. The summed E-state index contributed by atoms with van der Waals surface area (Å²) in [5, 5.41) is 29.1. The smallest absolute Gasteiger partial charge is 0.416 e.